The summed E-state index contributed by atoms with van der Waals surface area (Å²) in [5.41, 5.74) is 9.25. The van der Waals surface area contributed by atoms with E-state index in [4.69, 9.17) is 4.74 Å². The second-order valence-electron chi connectivity index (χ2n) is 8.66. The van der Waals surface area contributed by atoms with Gasteiger partial charge < -0.3 is 25.3 Å². The van der Waals surface area contributed by atoms with E-state index >= 15 is 0 Å². The van der Waals surface area contributed by atoms with E-state index in [1.807, 2.05) is 28.0 Å². The Kier molecular flexibility index (Phi) is 6.00. The first kappa shape index (κ1) is 21.5. The number of amides is 2. The van der Waals surface area contributed by atoms with Crippen LogP contribution in [0.2, 0.25) is 0 Å². The summed E-state index contributed by atoms with van der Waals surface area (Å²) in [6.07, 6.45) is 1.45. The van der Waals surface area contributed by atoms with Crippen LogP contribution in [0.15, 0.2) is 41.5 Å². The Hall–Kier alpha value is -3.39. The molecule has 2 aromatic carbocycles. The summed E-state index contributed by atoms with van der Waals surface area (Å²) in [5, 5.41) is 7.46. The Morgan fingerprint density at radius 3 is 2.70 bits per heavy atom. The number of nitrogens with zero attached hydrogens (tertiary/aromatic N) is 3. The van der Waals surface area contributed by atoms with Crippen LogP contribution in [0.5, 0.6) is 5.75 Å². The fraction of sp³-hybridized carbons (Fsp3) is 0.400. The highest BCUT2D eigenvalue weighted by atomic mass is 16.5. The Labute approximate surface area is 193 Å². The third kappa shape index (κ3) is 4.30. The zero-order valence-electron chi connectivity index (χ0n) is 18.9. The van der Waals surface area contributed by atoms with Crippen molar-refractivity contribution in [3.8, 4) is 5.75 Å². The highest BCUT2D eigenvalue weighted by Gasteiger charge is 2.29. The van der Waals surface area contributed by atoms with Gasteiger partial charge in [-0.15, -0.1) is 0 Å². The smallest absolute Gasteiger partial charge is 0.257 e. The van der Waals surface area contributed by atoms with Crippen LogP contribution in [0, 0.1) is 0 Å². The molecule has 172 valence electrons. The fourth-order valence-electron chi connectivity index (χ4n) is 4.79. The number of carbonyl (C=O) groups is 2. The second-order valence-corrected chi connectivity index (χ2v) is 8.66. The van der Waals surface area contributed by atoms with Crippen LogP contribution in [0.3, 0.4) is 0 Å². The number of likely N-dealkylation sites (N-methyl/N-ethyl adjacent to an activating group) is 1. The number of hydrazone groups is 1. The van der Waals surface area contributed by atoms with Gasteiger partial charge in [-0.2, -0.15) is 5.10 Å². The predicted octanol–water partition coefficient (Wildman–Crippen LogP) is 1.18. The summed E-state index contributed by atoms with van der Waals surface area (Å²) >= 11 is 0. The van der Waals surface area contributed by atoms with Crippen LogP contribution in [0.1, 0.15) is 32.6 Å². The monoisotopic (exact) mass is 447 g/mol. The van der Waals surface area contributed by atoms with Gasteiger partial charge >= 0.3 is 0 Å². The molecule has 0 unspecified atom stereocenters. The van der Waals surface area contributed by atoms with Crippen LogP contribution in [0.25, 0.3) is 0 Å². The molecule has 2 aromatic rings. The van der Waals surface area contributed by atoms with Crippen LogP contribution >= 0.6 is 0 Å². The van der Waals surface area contributed by atoms with Gasteiger partial charge in [-0.05, 0) is 29.8 Å². The number of rotatable bonds is 5. The van der Waals surface area contributed by atoms with Crippen molar-refractivity contribution in [3.63, 3.8) is 0 Å². The average Bonchev–Trinajstić information content (AvgIpc) is 3.32. The number of ether oxygens (including phenoxy) is 1. The van der Waals surface area contributed by atoms with Gasteiger partial charge in [0.2, 0.25) is 5.91 Å². The molecule has 0 aliphatic carbocycles. The summed E-state index contributed by atoms with van der Waals surface area (Å²) in [6.45, 7) is 3.79. The van der Waals surface area contributed by atoms with Crippen molar-refractivity contribution in [3.05, 3.63) is 64.2 Å². The van der Waals surface area contributed by atoms with Gasteiger partial charge in [0.25, 0.3) is 5.91 Å². The number of benzene rings is 2. The molecule has 0 aromatic heterocycles. The Bertz CT molecular complexity index is 1110. The predicted molar refractivity (Wildman–Crippen MR) is 126 cm³/mol. The van der Waals surface area contributed by atoms with Gasteiger partial charge in [-0.3, -0.25) is 9.59 Å². The normalized spacial score (nSPS) is 16.9. The first-order valence-electron chi connectivity index (χ1n) is 11.5. The lowest BCUT2D eigenvalue weighted by Gasteiger charge is -2.35. The summed E-state index contributed by atoms with van der Waals surface area (Å²) in [5.74, 6) is 0.749. The maximum absolute atomic E-state index is 13.5. The number of nitrogens with one attached hydrogen (secondary N) is 2. The summed E-state index contributed by atoms with van der Waals surface area (Å²) in [7, 11) is 1.76. The lowest BCUT2D eigenvalue weighted by Crippen LogP contribution is -2.52. The van der Waals surface area contributed by atoms with E-state index in [0.717, 1.165) is 35.4 Å². The van der Waals surface area contributed by atoms with Crippen LogP contribution in [-0.2, 0) is 24.2 Å². The Morgan fingerprint density at radius 2 is 1.88 bits per heavy atom. The molecule has 8 heteroatoms. The Balaban J connectivity index is 1.36. The minimum absolute atomic E-state index is 0.0279. The molecule has 0 bridgehead atoms. The van der Waals surface area contributed by atoms with Crippen molar-refractivity contribution in [2.75, 3.05) is 46.4 Å². The first-order chi connectivity index (χ1) is 16.1. The third-order valence-electron chi connectivity index (χ3n) is 6.50. The lowest BCUT2D eigenvalue weighted by atomic mass is 9.94. The van der Waals surface area contributed by atoms with E-state index in [1.165, 1.54) is 5.56 Å². The lowest BCUT2D eigenvalue weighted by molar-refractivity contribution is -0.131. The third-order valence-corrected chi connectivity index (χ3v) is 6.50. The number of carbonyl (C=O) groups excluding carboxylic acids is 2. The maximum Gasteiger partial charge on any atom is 0.257 e. The molecule has 1 fully saturated rings. The SMILES string of the molecule is CNCC(=O)N1CCN(C(=O)c2cc(CC3=NNCc4ccccc43)cc3c2OCC3)CC1. The number of piperazine rings is 1. The fourth-order valence-corrected chi connectivity index (χ4v) is 4.79. The van der Waals surface area contributed by atoms with Crippen molar-refractivity contribution >= 4 is 17.5 Å². The van der Waals surface area contributed by atoms with Crippen molar-refractivity contribution < 1.29 is 14.3 Å². The van der Waals surface area contributed by atoms with Crippen molar-refractivity contribution in [2.24, 2.45) is 5.10 Å². The molecule has 0 spiro atoms. The van der Waals surface area contributed by atoms with E-state index in [-0.39, 0.29) is 11.8 Å². The quantitative estimate of drug-likeness (QED) is 0.719. The number of hydrogen-bond donors (Lipinski definition) is 2. The van der Waals surface area contributed by atoms with Gasteiger partial charge in [0, 0.05) is 44.6 Å². The molecular formula is C25H29N5O3. The van der Waals surface area contributed by atoms with Gasteiger partial charge in [-0.25, -0.2) is 0 Å². The maximum atomic E-state index is 13.5. The topological polar surface area (TPSA) is 86.3 Å². The number of fused-ring (bicyclic) bond motifs is 2. The van der Waals surface area contributed by atoms with Crippen LogP contribution in [0.4, 0.5) is 0 Å². The van der Waals surface area contributed by atoms with Gasteiger partial charge in [-0.1, -0.05) is 30.3 Å². The average molecular weight is 448 g/mol. The van der Waals surface area contributed by atoms with Gasteiger partial charge in [0.05, 0.1) is 31.0 Å². The number of hydrogen-bond acceptors (Lipinski definition) is 6. The first-order valence-corrected chi connectivity index (χ1v) is 11.5. The van der Waals surface area contributed by atoms with E-state index < -0.39 is 0 Å². The molecule has 3 heterocycles. The molecular weight excluding hydrogens is 418 g/mol. The minimum Gasteiger partial charge on any atom is -0.492 e. The molecule has 5 rings (SSSR count). The zero-order chi connectivity index (χ0) is 22.8. The van der Waals surface area contributed by atoms with Crippen molar-refractivity contribution in [1.29, 1.82) is 0 Å². The molecule has 8 nitrogen and oxygen atoms in total. The Morgan fingerprint density at radius 1 is 1.09 bits per heavy atom. The van der Waals surface area contributed by atoms with Gasteiger partial charge in [0.1, 0.15) is 5.75 Å². The molecule has 2 amide bonds. The second kappa shape index (κ2) is 9.23. The molecule has 2 N–H and O–H groups in total. The zero-order valence-corrected chi connectivity index (χ0v) is 18.9. The van der Waals surface area contributed by atoms with Gasteiger partial charge in [0.15, 0.2) is 0 Å². The molecule has 0 atom stereocenters. The molecule has 0 saturated carbocycles. The van der Waals surface area contributed by atoms with Crippen LogP contribution < -0.4 is 15.5 Å². The van der Waals surface area contributed by atoms with E-state index in [9.17, 15) is 9.59 Å². The molecule has 33 heavy (non-hydrogen) atoms. The van der Waals surface area contributed by atoms with E-state index in [2.05, 4.69) is 34.0 Å². The van der Waals surface area contributed by atoms with E-state index in [0.29, 0.717) is 57.1 Å². The largest absolute Gasteiger partial charge is 0.492 e. The molecule has 1 saturated heterocycles. The summed E-state index contributed by atoms with van der Waals surface area (Å²) in [4.78, 5) is 29.3. The molecule has 3 aliphatic heterocycles. The van der Waals surface area contributed by atoms with Crippen molar-refractivity contribution in [1.82, 2.24) is 20.5 Å². The highest BCUT2D eigenvalue weighted by molar-refractivity contribution is 6.04. The minimum atomic E-state index is -0.0279. The molecule has 0 radical (unpaired) electrons. The van der Waals surface area contributed by atoms with E-state index in [1.54, 1.807) is 7.05 Å². The van der Waals surface area contributed by atoms with Crippen LogP contribution in [-0.4, -0.2) is 73.7 Å². The summed E-state index contributed by atoms with van der Waals surface area (Å²) < 4.78 is 5.87. The molecule has 3 aliphatic rings. The van der Waals surface area contributed by atoms with Crippen molar-refractivity contribution in [2.45, 2.75) is 19.4 Å². The summed E-state index contributed by atoms with van der Waals surface area (Å²) in [6, 6.07) is 12.4. The highest BCUT2D eigenvalue weighted by Crippen LogP contribution is 2.33. The standard InChI is InChI=1S/C25H29N5O3/c1-26-16-23(31)29-7-9-30(10-8-29)25(32)21-13-17(12-18-6-11-33-24(18)21)14-22-20-5-3-2-4-19(20)15-27-28-22/h2-5,12-13,26-27H,6-11,14-16H2,1H3.